The fourth-order valence-electron chi connectivity index (χ4n) is 2.91. The molecule has 0 aliphatic rings. The Morgan fingerprint density at radius 2 is 1.78 bits per heavy atom. The molecule has 2 aromatic carbocycles. The average Bonchev–Trinajstić information content (AvgIpc) is 2.69. The Labute approximate surface area is 174 Å². The van der Waals surface area contributed by atoms with Crippen molar-refractivity contribution in [1.82, 2.24) is 9.97 Å². The molecule has 0 amide bonds. The van der Waals surface area contributed by atoms with Crippen LogP contribution in [-0.4, -0.2) is 16.9 Å². The molecule has 0 radical (unpaired) electrons. The minimum absolute atomic E-state index is 0.360. The number of hydrogen-bond donors (Lipinski definition) is 0. The molecule has 3 nitrogen and oxygen atoms in total. The van der Waals surface area contributed by atoms with E-state index in [9.17, 15) is 4.39 Å². The summed E-state index contributed by atoms with van der Waals surface area (Å²) in [7, 11) is 0. The maximum absolute atomic E-state index is 14.5. The molecule has 0 aliphatic carbocycles. The van der Waals surface area contributed by atoms with E-state index in [0.717, 1.165) is 14.4 Å². The Hall–Kier alpha value is -2.19. The lowest BCUT2D eigenvalue weighted by atomic mass is 9.55. The lowest BCUT2D eigenvalue weighted by Crippen LogP contribution is -2.49. The van der Waals surface area contributed by atoms with E-state index >= 15 is 0 Å². The molecule has 132 valence electrons. The first kappa shape index (κ1) is 18.2. The highest BCUT2D eigenvalue weighted by molar-refractivity contribution is 14.1. The third kappa shape index (κ3) is 3.77. The molecule has 0 unspecified atom stereocenters. The van der Waals surface area contributed by atoms with Crippen molar-refractivity contribution in [2.45, 2.75) is 0 Å². The summed E-state index contributed by atoms with van der Waals surface area (Å²) < 4.78 is 21.8. The predicted octanol–water partition coefficient (Wildman–Crippen LogP) is 4.21. The number of nitrogens with zero attached hydrogens (tertiary/aromatic N) is 2. The van der Waals surface area contributed by atoms with Crippen molar-refractivity contribution in [3.63, 3.8) is 0 Å². The fourth-order valence-corrected chi connectivity index (χ4v) is 3.69. The topological polar surface area (TPSA) is 35.0 Å². The molecule has 0 saturated carbocycles. The SMILES string of the molecule is Fc1ncccc1B(Oc1ccc(Cl)c2cccnc12)c1cccc(I)c1. The summed E-state index contributed by atoms with van der Waals surface area (Å²) >= 11 is 8.50. The third-order valence-electron chi connectivity index (χ3n) is 4.15. The summed E-state index contributed by atoms with van der Waals surface area (Å²) in [6.45, 7) is -0.667. The number of halogens is 3. The van der Waals surface area contributed by atoms with Crippen LogP contribution in [0.3, 0.4) is 0 Å². The van der Waals surface area contributed by atoms with Crippen molar-refractivity contribution in [1.29, 1.82) is 0 Å². The van der Waals surface area contributed by atoms with E-state index in [1.165, 1.54) is 6.20 Å². The largest absolute Gasteiger partial charge is 0.550 e. The van der Waals surface area contributed by atoms with Crippen molar-refractivity contribution < 1.29 is 9.04 Å². The van der Waals surface area contributed by atoms with Gasteiger partial charge >= 0.3 is 6.92 Å². The summed E-state index contributed by atoms with van der Waals surface area (Å²) in [4.78, 5) is 8.18. The molecule has 2 heterocycles. The van der Waals surface area contributed by atoms with Crippen LogP contribution in [0.1, 0.15) is 0 Å². The van der Waals surface area contributed by atoms with Crippen LogP contribution in [0.15, 0.2) is 73.1 Å². The van der Waals surface area contributed by atoms with Gasteiger partial charge in [0.05, 0.1) is 5.02 Å². The van der Waals surface area contributed by atoms with Gasteiger partial charge in [-0.25, -0.2) is 4.98 Å². The molecule has 0 atom stereocenters. The van der Waals surface area contributed by atoms with Crippen LogP contribution in [0.2, 0.25) is 5.02 Å². The first-order chi connectivity index (χ1) is 13.1. The molecule has 0 saturated heterocycles. The molecule has 0 aliphatic heterocycles. The Kier molecular flexibility index (Phi) is 5.27. The second-order valence-corrected chi connectivity index (χ2v) is 7.53. The van der Waals surface area contributed by atoms with Gasteiger partial charge < -0.3 is 4.65 Å². The maximum Gasteiger partial charge on any atom is 0.431 e. The zero-order chi connectivity index (χ0) is 18.8. The van der Waals surface area contributed by atoms with Crippen molar-refractivity contribution >= 4 is 62.9 Å². The fraction of sp³-hybridized carbons (Fsp3) is 0. The number of pyridine rings is 2. The molecule has 4 rings (SSSR count). The van der Waals surface area contributed by atoms with Gasteiger partial charge in [-0.15, -0.1) is 0 Å². The van der Waals surface area contributed by atoms with Crippen molar-refractivity contribution in [3.05, 3.63) is 87.6 Å². The number of rotatable bonds is 4. The van der Waals surface area contributed by atoms with Crippen molar-refractivity contribution in [2.75, 3.05) is 0 Å². The van der Waals surface area contributed by atoms with E-state index in [2.05, 4.69) is 32.6 Å². The normalized spacial score (nSPS) is 10.8. The van der Waals surface area contributed by atoms with Gasteiger partial charge in [-0.3, -0.25) is 4.98 Å². The first-order valence-electron chi connectivity index (χ1n) is 8.19. The van der Waals surface area contributed by atoms with Crippen LogP contribution in [0, 0.1) is 9.52 Å². The lowest BCUT2D eigenvalue weighted by molar-refractivity contribution is 0.573. The van der Waals surface area contributed by atoms with E-state index in [1.807, 2.05) is 36.4 Å². The molecule has 27 heavy (non-hydrogen) atoms. The van der Waals surface area contributed by atoms with E-state index in [-0.39, 0.29) is 0 Å². The van der Waals surface area contributed by atoms with Crippen LogP contribution in [0.5, 0.6) is 5.75 Å². The quantitative estimate of drug-likeness (QED) is 0.245. The molecule has 0 N–H and O–H groups in total. The number of fused-ring (bicyclic) bond motifs is 1. The van der Waals surface area contributed by atoms with Gasteiger partial charge in [0.15, 0.2) is 0 Å². The van der Waals surface area contributed by atoms with E-state index < -0.39 is 12.9 Å². The van der Waals surface area contributed by atoms with E-state index in [0.29, 0.717) is 21.8 Å². The van der Waals surface area contributed by atoms with Gasteiger partial charge in [0.1, 0.15) is 11.3 Å². The molecule has 0 spiro atoms. The van der Waals surface area contributed by atoms with Crippen LogP contribution < -0.4 is 15.6 Å². The summed E-state index contributed by atoms with van der Waals surface area (Å²) in [6.07, 6.45) is 3.10. The maximum atomic E-state index is 14.5. The van der Waals surface area contributed by atoms with Gasteiger partial charge in [0, 0.05) is 26.8 Å². The van der Waals surface area contributed by atoms with Crippen molar-refractivity contribution in [2.24, 2.45) is 0 Å². The van der Waals surface area contributed by atoms with Gasteiger partial charge in [0.25, 0.3) is 0 Å². The zero-order valence-corrected chi connectivity index (χ0v) is 16.9. The van der Waals surface area contributed by atoms with Crippen LogP contribution in [0.25, 0.3) is 10.9 Å². The minimum atomic E-state index is -0.667. The molecule has 4 aromatic rings. The summed E-state index contributed by atoms with van der Waals surface area (Å²) in [5, 5.41) is 1.37. The molecule has 0 bridgehead atoms. The average molecular weight is 488 g/mol. The molecule has 0 fully saturated rings. The van der Waals surface area contributed by atoms with Gasteiger partial charge in [-0.2, -0.15) is 4.39 Å². The predicted molar refractivity (Wildman–Crippen MR) is 116 cm³/mol. The Morgan fingerprint density at radius 1 is 0.963 bits per heavy atom. The van der Waals surface area contributed by atoms with Gasteiger partial charge in [-0.1, -0.05) is 35.9 Å². The number of benzene rings is 2. The molecule has 7 heteroatoms. The summed E-state index contributed by atoms with van der Waals surface area (Å²) in [5.41, 5.74) is 1.82. The number of aromatic nitrogens is 2. The molecule has 2 aromatic heterocycles. The number of hydrogen-bond acceptors (Lipinski definition) is 3. The monoisotopic (exact) mass is 488 g/mol. The highest BCUT2D eigenvalue weighted by atomic mass is 127. The highest BCUT2D eigenvalue weighted by Crippen LogP contribution is 2.30. The summed E-state index contributed by atoms with van der Waals surface area (Å²) in [5.74, 6) is -0.0327. The first-order valence-corrected chi connectivity index (χ1v) is 9.65. The third-order valence-corrected chi connectivity index (χ3v) is 5.15. The lowest BCUT2D eigenvalue weighted by Gasteiger charge is -2.18. The minimum Gasteiger partial charge on any atom is -0.550 e. The van der Waals surface area contributed by atoms with Crippen molar-refractivity contribution in [3.8, 4) is 5.75 Å². The Bertz CT molecular complexity index is 1130. The van der Waals surface area contributed by atoms with Crippen LogP contribution >= 0.6 is 34.2 Å². The van der Waals surface area contributed by atoms with E-state index in [4.69, 9.17) is 16.3 Å². The smallest absolute Gasteiger partial charge is 0.431 e. The molecular formula is C20H12BClFIN2O. The highest BCUT2D eigenvalue weighted by Gasteiger charge is 2.28. The van der Waals surface area contributed by atoms with Crippen LogP contribution in [-0.2, 0) is 0 Å². The Morgan fingerprint density at radius 3 is 2.59 bits per heavy atom. The van der Waals surface area contributed by atoms with E-state index in [1.54, 1.807) is 30.5 Å². The van der Waals surface area contributed by atoms with Crippen LogP contribution in [0.4, 0.5) is 4.39 Å². The standard InChI is InChI=1S/C20H12BClFIN2O/c22-17-8-9-18(19-15(17)6-2-10-25-19)27-21(13-4-1-5-14(24)12-13)16-7-3-11-26-20(16)23/h1-12H. The molecular weight excluding hydrogens is 476 g/mol. The second kappa shape index (κ2) is 7.82. The summed E-state index contributed by atoms with van der Waals surface area (Å²) in [6, 6.07) is 18.3. The Balaban J connectivity index is 1.86. The second-order valence-electron chi connectivity index (χ2n) is 5.88. The zero-order valence-electron chi connectivity index (χ0n) is 13.9. The van der Waals surface area contributed by atoms with Gasteiger partial charge in [0.2, 0.25) is 5.95 Å². The van der Waals surface area contributed by atoms with Gasteiger partial charge in [-0.05, 0) is 64.5 Å².